The van der Waals surface area contributed by atoms with E-state index in [1.165, 1.54) is 12.1 Å². The molecule has 1 N–H and O–H groups in total. The van der Waals surface area contributed by atoms with Gasteiger partial charge in [0, 0.05) is 5.88 Å². The smallest absolute Gasteiger partial charge is 0.234 e. The van der Waals surface area contributed by atoms with Crippen LogP contribution in [-0.4, -0.2) is 20.1 Å². The largest absolute Gasteiger partial charge is 0.280 e. The molecule has 1 aromatic rings. The molecule has 0 aliphatic rings. The van der Waals surface area contributed by atoms with Crippen molar-refractivity contribution in [3.63, 3.8) is 0 Å². The molecule has 0 fully saturated rings. The van der Waals surface area contributed by atoms with Crippen molar-refractivity contribution in [3.05, 3.63) is 29.6 Å². The first-order valence-electron chi connectivity index (χ1n) is 4.28. The van der Waals surface area contributed by atoms with Gasteiger partial charge in [-0.3, -0.25) is 4.72 Å². The van der Waals surface area contributed by atoms with E-state index in [1.54, 1.807) is 13.0 Å². The number of aryl methyl sites for hydroxylation is 1. The molecule has 0 radical (unpaired) electrons. The summed E-state index contributed by atoms with van der Waals surface area (Å²) in [6.07, 6.45) is 0. The Labute approximate surface area is 93.3 Å². The zero-order valence-corrected chi connectivity index (χ0v) is 9.70. The van der Waals surface area contributed by atoms with Gasteiger partial charge in [-0.1, -0.05) is 12.1 Å². The van der Waals surface area contributed by atoms with Gasteiger partial charge in [-0.05, 0) is 18.6 Å². The number of hydrogen-bond donors (Lipinski definition) is 1. The summed E-state index contributed by atoms with van der Waals surface area (Å²) in [6, 6.07) is 4.34. The number of anilines is 1. The van der Waals surface area contributed by atoms with Crippen LogP contribution < -0.4 is 4.72 Å². The van der Waals surface area contributed by atoms with E-state index in [9.17, 15) is 12.8 Å². The molecule has 84 valence electrons. The highest BCUT2D eigenvalue weighted by atomic mass is 35.5. The van der Waals surface area contributed by atoms with E-state index in [4.69, 9.17) is 11.6 Å². The maximum absolute atomic E-state index is 13.3. The van der Waals surface area contributed by atoms with E-state index < -0.39 is 15.8 Å². The first kappa shape index (κ1) is 12.3. The van der Waals surface area contributed by atoms with Crippen LogP contribution in [0.5, 0.6) is 0 Å². The van der Waals surface area contributed by atoms with Crippen LogP contribution in [0.4, 0.5) is 10.1 Å². The van der Waals surface area contributed by atoms with Gasteiger partial charge >= 0.3 is 0 Å². The van der Waals surface area contributed by atoms with Crippen molar-refractivity contribution in [3.8, 4) is 0 Å². The Morgan fingerprint density at radius 1 is 1.47 bits per heavy atom. The van der Waals surface area contributed by atoms with Crippen molar-refractivity contribution in [2.75, 3.05) is 16.4 Å². The highest BCUT2D eigenvalue weighted by Crippen LogP contribution is 2.19. The minimum Gasteiger partial charge on any atom is -0.280 e. The minimum absolute atomic E-state index is 0.0115. The lowest BCUT2D eigenvalue weighted by atomic mass is 10.2. The topological polar surface area (TPSA) is 46.2 Å². The van der Waals surface area contributed by atoms with Crippen LogP contribution in [-0.2, 0) is 10.0 Å². The molecular weight excluding hydrogens is 241 g/mol. The van der Waals surface area contributed by atoms with E-state index in [0.29, 0.717) is 5.56 Å². The van der Waals surface area contributed by atoms with Crippen LogP contribution in [0, 0.1) is 12.7 Å². The Hall–Kier alpha value is -0.810. The Bertz CT molecular complexity index is 427. The number of halogens is 2. The van der Waals surface area contributed by atoms with Gasteiger partial charge in [-0.2, -0.15) is 0 Å². The number of alkyl halides is 1. The third kappa shape index (κ3) is 3.35. The fraction of sp³-hybridized carbons (Fsp3) is 0.333. The van der Waals surface area contributed by atoms with E-state index in [-0.39, 0.29) is 17.3 Å². The molecule has 1 rings (SSSR count). The number of nitrogens with one attached hydrogen (secondary N) is 1. The van der Waals surface area contributed by atoms with Gasteiger partial charge in [0.15, 0.2) is 0 Å². The van der Waals surface area contributed by atoms with Crippen molar-refractivity contribution in [1.82, 2.24) is 0 Å². The van der Waals surface area contributed by atoms with Crippen molar-refractivity contribution >= 4 is 27.3 Å². The molecule has 15 heavy (non-hydrogen) atoms. The van der Waals surface area contributed by atoms with Crippen LogP contribution in [0.15, 0.2) is 18.2 Å². The Morgan fingerprint density at radius 3 is 2.67 bits per heavy atom. The maximum atomic E-state index is 13.3. The number of rotatable bonds is 4. The predicted molar refractivity (Wildman–Crippen MR) is 59.3 cm³/mol. The van der Waals surface area contributed by atoms with E-state index in [1.807, 2.05) is 0 Å². The van der Waals surface area contributed by atoms with Gasteiger partial charge in [0.05, 0.1) is 11.4 Å². The molecular formula is C9H11ClFNO2S. The summed E-state index contributed by atoms with van der Waals surface area (Å²) in [6.45, 7) is 1.63. The van der Waals surface area contributed by atoms with Crippen LogP contribution in [0.2, 0.25) is 0 Å². The van der Waals surface area contributed by atoms with E-state index >= 15 is 0 Å². The number of para-hydroxylation sites is 1. The van der Waals surface area contributed by atoms with Crippen LogP contribution in [0.3, 0.4) is 0 Å². The number of sulfonamides is 1. The van der Waals surface area contributed by atoms with E-state index in [0.717, 1.165) is 0 Å². The molecule has 0 saturated heterocycles. The van der Waals surface area contributed by atoms with Crippen LogP contribution in [0.1, 0.15) is 5.56 Å². The maximum Gasteiger partial charge on any atom is 0.234 e. The van der Waals surface area contributed by atoms with Crippen molar-refractivity contribution in [2.45, 2.75) is 6.92 Å². The van der Waals surface area contributed by atoms with Gasteiger partial charge in [-0.15, -0.1) is 11.6 Å². The molecule has 0 amide bonds. The Balaban J connectivity index is 2.99. The highest BCUT2D eigenvalue weighted by molar-refractivity contribution is 7.92. The average Bonchev–Trinajstić information content (AvgIpc) is 2.11. The summed E-state index contributed by atoms with van der Waals surface area (Å²) in [5.41, 5.74) is 0.524. The Morgan fingerprint density at radius 2 is 2.13 bits per heavy atom. The molecule has 0 saturated carbocycles. The predicted octanol–water partition coefficient (Wildman–Crippen LogP) is 2.11. The summed E-state index contributed by atoms with van der Waals surface area (Å²) < 4.78 is 38.1. The van der Waals surface area contributed by atoms with Gasteiger partial charge in [0.1, 0.15) is 5.82 Å². The zero-order chi connectivity index (χ0) is 11.5. The van der Waals surface area contributed by atoms with Gasteiger partial charge in [0.25, 0.3) is 0 Å². The second kappa shape index (κ2) is 4.81. The van der Waals surface area contributed by atoms with Crippen molar-refractivity contribution < 1.29 is 12.8 Å². The standard InChI is InChI=1S/C9H11ClFNO2S/c1-7-3-2-4-8(11)9(7)12-15(13,14)6-5-10/h2-4,12H,5-6H2,1H3. The molecule has 0 unspecified atom stereocenters. The number of hydrogen-bond acceptors (Lipinski definition) is 2. The molecule has 0 spiro atoms. The molecule has 0 bridgehead atoms. The monoisotopic (exact) mass is 251 g/mol. The van der Waals surface area contributed by atoms with Crippen molar-refractivity contribution in [1.29, 1.82) is 0 Å². The third-order valence-corrected chi connectivity index (χ3v) is 3.50. The first-order chi connectivity index (χ1) is 6.96. The summed E-state index contributed by atoms with van der Waals surface area (Å²) in [7, 11) is -3.55. The fourth-order valence-corrected chi connectivity index (χ4v) is 2.55. The highest BCUT2D eigenvalue weighted by Gasteiger charge is 2.13. The second-order valence-corrected chi connectivity index (χ2v) is 5.26. The van der Waals surface area contributed by atoms with Gasteiger partial charge in [0.2, 0.25) is 10.0 Å². The lowest BCUT2D eigenvalue weighted by Crippen LogP contribution is -2.19. The first-order valence-corrected chi connectivity index (χ1v) is 6.46. The quantitative estimate of drug-likeness (QED) is 0.834. The lowest BCUT2D eigenvalue weighted by Gasteiger charge is -2.10. The second-order valence-electron chi connectivity index (χ2n) is 3.04. The molecule has 0 atom stereocenters. The Kier molecular flexibility index (Phi) is 3.93. The summed E-state index contributed by atoms with van der Waals surface area (Å²) in [5.74, 6) is -0.848. The van der Waals surface area contributed by atoms with Crippen molar-refractivity contribution in [2.24, 2.45) is 0 Å². The lowest BCUT2D eigenvalue weighted by molar-refractivity contribution is 0.599. The molecule has 0 aromatic heterocycles. The van der Waals surface area contributed by atoms with Crippen LogP contribution in [0.25, 0.3) is 0 Å². The normalized spacial score (nSPS) is 11.4. The van der Waals surface area contributed by atoms with Crippen LogP contribution >= 0.6 is 11.6 Å². The molecule has 0 aliphatic carbocycles. The molecule has 6 heteroatoms. The molecule has 1 aromatic carbocycles. The van der Waals surface area contributed by atoms with Gasteiger partial charge < -0.3 is 0 Å². The average molecular weight is 252 g/mol. The fourth-order valence-electron chi connectivity index (χ4n) is 1.07. The summed E-state index contributed by atoms with van der Waals surface area (Å²) in [4.78, 5) is 0. The minimum atomic E-state index is -3.55. The third-order valence-electron chi connectivity index (χ3n) is 1.83. The van der Waals surface area contributed by atoms with Gasteiger partial charge in [-0.25, -0.2) is 12.8 Å². The number of benzene rings is 1. The molecule has 0 heterocycles. The molecule has 0 aliphatic heterocycles. The van der Waals surface area contributed by atoms with E-state index in [2.05, 4.69) is 4.72 Å². The SMILES string of the molecule is Cc1cccc(F)c1NS(=O)(=O)CCCl. The molecule has 3 nitrogen and oxygen atoms in total. The zero-order valence-electron chi connectivity index (χ0n) is 8.13. The summed E-state index contributed by atoms with van der Waals surface area (Å²) >= 11 is 5.32. The summed E-state index contributed by atoms with van der Waals surface area (Å²) in [5, 5.41) is 0.